The Kier molecular flexibility index (Phi) is 6.04. The van der Waals surface area contributed by atoms with Crippen molar-refractivity contribution in [2.45, 2.75) is 50.7 Å². The third-order valence-corrected chi connectivity index (χ3v) is 7.12. The third kappa shape index (κ3) is 4.27. The lowest BCUT2D eigenvalue weighted by molar-refractivity contribution is -0.125. The second-order valence-corrected chi connectivity index (χ2v) is 9.27. The molecule has 176 valence electrons. The van der Waals surface area contributed by atoms with Crippen LogP contribution in [0.5, 0.6) is 0 Å². The number of anilines is 1. The number of carbonyl (C=O) groups excluding carboxylic acids is 4. The lowest BCUT2D eigenvalue weighted by Gasteiger charge is -2.33. The molecule has 8 nitrogen and oxygen atoms in total. The van der Waals surface area contributed by atoms with Gasteiger partial charge in [0.15, 0.2) is 0 Å². The van der Waals surface area contributed by atoms with E-state index in [1.807, 2.05) is 29.2 Å². The number of nitrogens with zero attached hydrogens (tertiary/aromatic N) is 2. The summed E-state index contributed by atoms with van der Waals surface area (Å²) in [7, 11) is 0. The number of fused-ring (bicyclic) bond motifs is 1. The summed E-state index contributed by atoms with van der Waals surface area (Å²) in [6.07, 6.45) is 4.83. The van der Waals surface area contributed by atoms with Gasteiger partial charge < -0.3 is 15.5 Å². The van der Waals surface area contributed by atoms with Gasteiger partial charge in [-0.3, -0.25) is 19.3 Å². The molecule has 2 heterocycles. The number of likely N-dealkylation sites (tertiary alicyclic amines) is 1. The zero-order valence-electron chi connectivity index (χ0n) is 18.9. The maximum absolute atomic E-state index is 13.4. The molecule has 2 aliphatic heterocycles. The number of rotatable bonds is 5. The van der Waals surface area contributed by atoms with Crippen molar-refractivity contribution in [3.63, 3.8) is 0 Å². The van der Waals surface area contributed by atoms with Gasteiger partial charge in [0, 0.05) is 17.3 Å². The van der Waals surface area contributed by atoms with Gasteiger partial charge in [-0.15, -0.1) is 0 Å². The molecule has 0 aromatic heterocycles. The van der Waals surface area contributed by atoms with Gasteiger partial charge in [0.2, 0.25) is 11.8 Å². The van der Waals surface area contributed by atoms with Gasteiger partial charge in [0.25, 0.3) is 5.91 Å². The quantitative estimate of drug-likeness (QED) is 0.670. The average Bonchev–Trinajstić information content (AvgIpc) is 3.40. The van der Waals surface area contributed by atoms with Crippen molar-refractivity contribution in [3.8, 4) is 0 Å². The van der Waals surface area contributed by atoms with E-state index < -0.39 is 12.1 Å². The van der Waals surface area contributed by atoms with E-state index >= 15 is 0 Å². The molecule has 2 aromatic carbocycles. The lowest BCUT2D eigenvalue weighted by Crippen LogP contribution is -2.47. The smallest absolute Gasteiger partial charge is 0.324 e. The minimum absolute atomic E-state index is 0.00451. The molecule has 0 radical (unpaired) electrons. The van der Waals surface area contributed by atoms with Gasteiger partial charge in [-0.25, -0.2) is 4.79 Å². The second kappa shape index (κ2) is 9.29. The van der Waals surface area contributed by atoms with Gasteiger partial charge in [0.1, 0.15) is 6.04 Å². The predicted molar refractivity (Wildman–Crippen MR) is 126 cm³/mol. The molecule has 34 heavy (non-hydrogen) atoms. The van der Waals surface area contributed by atoms with Crippen LogP contribution in [0.1, 0.15) is 48.0 Å². The molecule has 5 rings (SSSR count). The van der Waals surface area contributed by atoms with Gasteiger partial charge in [0.05, 0.1) is 13.1 Å². The molecule has 2 N–H and O–H groups in total. The summed E-state index contributed by atoms with van der Waals surface area (Å²) in [5.41, 5.74) is 1.92. The normalized spacial score (nSPS) is 24.1. The van der Waals surface area contributed by atoms with Crippen molar-refractivity contribution < 1.29 is 19.2 Å². The number of imide groups is 1. The fourth-order valence-corrected chi connectivity index (χ4v) is 5.49. The summed E-state index contributed by atoms with van der Waals surface area (Å²) in [5.74, 6) is -0.237. The van der Waals surface area contributed by atoms with Crippen molar-refractivity contribution in [1.82, 2.24) is 15.1 Å². The maximum Gasteiger partial charge on any atom is 0.324 e. The van der Waals surface area contributed by atoms with Crippen molar-refractivity contribution in [3.05, 3.63) is 65.7 Å². The van der Waals surface area contributed by atoms with Crippen LogP contribution in [0.4, 0.5) is 10.5 Å². The maximum atomic E-state index is 13.4. The first-order valence-electron chi connectivity index (χ1n) is 11.9. The van der Waals surface area contributed by atoms with Crippen LogP contribution in [0, 0.1) is 5.92 Å². The Labute approximate surface area is 198 Å². The second-order valence-electron chi connectivity index (χ2n) is 9.27. The van der Waals surface area contributed by atoms with E-state index in [9.17, 15) is 19.2 Å². The van der Waals surface area contributed by atoms with Crippen LogP contribution >= 0.6 is 0 Å². The van der Waals surface area contributed by atoms with E-state index in [0.717, 1.165) is 36.1 Å². The summed E-state index contributed by atoms with van der Waals surface area (Å²) < 4.78 is 0. The van der Waals surface area contributed by atoms with Crippen molar-refractivity contribution in [2.75, 3.05) is 11.9 Å². The Morgan fingerprint density at radius 3 is 2.56 bits per heavy atom. The first-order chi connectivity index (χ1) is 16.5. The van der Waals surface area contributed by atoms with Crippen LogP contribution in [-0.4, -0.2) is 52.2 Å². The van der Waals surface area contributed by atoms with Crippen LogP contribution in [0.2, 0.25) is 0 Å². The highest BCUT2D eigenvalue weighted by Gasteiger charge is 2.47. The van der Waals surface area contributed by atoms with Crippen LogP contribution in [0.3, 0.4) is 0 Å². The number of benzene rings is 2. The van der Waals surface area contributed by atoms with Crippen LogP contribution in [0.15, 0.2) is 54.6 Å². The molecule has 3 unspecified atom stereocenters. The number of hydrogen-bond donors (Lipinski definition) is 2. The minimum Gasteiger partial charge on any atom is -0.329 e. The summed E-state index contributed by atoms with van der Waals surface area (Å²) in [6.45, 7) is 0.144. The van der Waals surface area contributed by atoms with Crippen molar-refractivity contribution in [2.24, 2.45) is 5.92 Å². The first-order valence-corrected chi connectivity index (χ1v) is 11.9. The van der Waals surface area contributed by atoms with E-state index in [1.54, 1.807) is 30.3 Å². The highest BCUT2D eigenvalue weighted by Crippen LogP contribution is 2.40. The molecule has 2 aromatic rings. The van der Waals surface area contributed by atoms with Crippen LogP contribution < -0.4 is 10.6 Å². The molecule has 0 spiro atoms. The van der Waals surface area contributed by atoms with Gasteiger partial charge in [-0.1, -0.05) is 43.2 Å². The molecule has 1 saturated carbocycles. The number of nitrogens with one attached hydrogen (secondary N) is 2. The fourth-order valence-electron chi connectivity index (χ4n) is 5.49. The fraction of sp³-hybridized carbons (Fsp3) is 0.385. The van der Waals surface area contributed by atoms with E-state index in [0.29, 0.717) is 23.6 Å². The number of urea groups is 1. The largest absolute Gasteiger partial charge is 0.329 e. The summed E-state index contributed by atoms with van der Waals surface area (Å²) in [4.78, 5) is 53.6. The van der Waals surface area contributed by atoms with Crippen molar-refractivity contribution in [1.29, 1.82) is 0 Å². The Morgan fingerprint density at radius 1 is 1.00 bits per heavy atom. The Morgan fingerprint density at radius 2 is 1.79 bits per heavy atom. The molecular formula is C26H28N4O4. The lowest BCUT2D eigenvalue weighted by atomic mass is 9.84. The third-order valence-electron chi connectivity index (χ3n) is 7.12. The topological polar surface area (TPSA) is 98.8 Å². The number of amides is 5. The Bertz CT molecular complexity index is 1100. The molecule has 3 fully saturated rings. The van der Waals surface area contributed by atoms with Crippen LogP contribution in [0.25, 0.3) is 0 Å². The summed E-state index contributed by atoms with van der Waals surface area (Å²) in [5, 5.41) is 5.49. The molecule has 1 aliphatic carbocycles. The minimum atomic E-state index is -0.532. The first kappa shape index (κ1) is 22.1. The number of hydrogen-bond acceptors (Lipinski definition) is 4. The molecule has 0 bridgehead atoms. The molecule has 5 amide bonds. The predicted octanol–water partition coefficient (Wildman–Crippen LogP) is 3.15. The monoisotopic (exact) mass is 460 g/mol. The zero-order valence-corrected chi connectivity index (χ0v) is 18.9. The standard InChI is InChI=1S/C26H28N4O4/c31-23-15-27-26(34)29(23)16-17-7-6-11-20(13-17)28-24(32)22-14-19-10-4-5-12-21(19)30(22)25(33)18-8-2-1-3-9-18/h1-3,6-9,11,13,19,21-22H,4-5,10,12,14-16H2,(H,27,34)(H,28,32). The zero-order chi connectivity index (χ0) is 23.7. The molecule has 2 saturated heterocycles. The molecule has 8 heteroatoms. The summed E-state index contributed by atoms with van der Waals surface area (Å²) in [6, 6.07) is 15.4. The highest BCUT2D eigenvalue weighted by atomic mass is 16.2. The average molecular weight is 461 g/mol. The van der Waals surface area contributed by atoms with Crippen LogP contribution in [-0.2, 0) is 16.1 Å². The van der Waals surface area contributed by atoms with E-state index in [2.05, 4.69) is 10.6 Å². The van der Waals surface area contributed by atoms with E-state index in [4.69, 9.17) is 0 Å². The Balaban J connectivity index is 1.34. The van der Waals surface area contributed by atoms with Gasteiger partial charge >= 0.3 is 6.03 Å². The molecule has 3 aliphatic rings. The SMILES string of the molecule is O=C(Nc1cccc(CN2C(=O)CNC2=O)c1)C1CC2CCCCC2N1C(=O)c1ccccc1. The molecular weight excluding hydrogens is 432 g/mol. The van der Waals surface area contributed by atoms with Crippen molar-refractivity contribution >= 4 is 29.4 Å². The van der Waals surface area contributed by atoms with E-state index in [-0.39, 0.29) is 36.9 Å². The summed E-state index contributed by atoms with van der Waals surface area (Å²) >= 11 is 0. The Hall–Kier alpha value is -3.68. The molecule has 3 atom stereocenters. The van der Waals surface area contributed by atoms with Gasteiger partial charge in [-0.05, 0) is 55.0 Å². The highest BCUT2D eigenvalue weighted by molar-refractivity contribution is 6.02. The number of carbonyl (C=O) groups is 4. The van der Waals surface area contributed by atoms with E-state index in [1.165, 1.54) is 0 Å². The van der Waals surface area contributed by atoms with Gasteiger partial charge in [-0.2, -0.15) is 0 Å².